The maximum atomic E-state index is 13.1. The van der Waals surface area contributed by atoms with Crippen LogP contribution < -0.4 is 5.32 Å². The Kier molecular flexibility index (Phi) is 4.20. The molecule has 1 saturated carbocycles. The second-order valence-corrected chi connectivity index (χ2v) is 6.53. The number of halogens is 2. The third-order valence-corrected chi connectivity index (χ3v) is 4.78. The van der Waals surface area contributed by atoms with Gasteiger partial charge in [0.1, 0.15) is 5.82 Å². The number of rotatable bonds is 4. The van der Waals surface area contributed by atoms with Crippen molar-refractivity contribution in [1.82, 2.24) is 10.2 Å². The Balaban J connectivity index is 1.45. The van der Waals surface area contributed by atoms with Gasteiger partial charge in [-0.05, 0) is 72.4 Å². The lowest BCUT2D eigenvalue weighted by Crippen LogP contribution is -2.43. The predicted octanol–water partition coefficient (Wildman–Crippen LogP) is 3.30. The summed E-state index contributed by atoms with van der Waals surface area (Å²) < 4.78 is 13.7. The molecule has 0 amide bonds. The van der Waals surface area contributed by atoms with Crippen molar-refractivity contribution in [3.05, 3.63) is 34.1 Å². The van der Waals surface area contributed by atoms with E-state index in [1.165, 1.54) is 44.8 Å². The number of piperidine rings is 1. The van der Waals surface area contributed by atoms with Gasteiger partial charge in [0.2, 0.25) is 0 Å². The van der Waals surface area contributed by atoms with Crippen LogP contribution >= 0.6 is 15.9 Å². The Morgan fingerprint density at radius 3 is 2.58 bits per heavy atom. The number of likely N-dealkylation sites (tertiary alicyclic amines) is 1. The fourth-order valence-corrected chi connectivity index (χ4v) is 3.25. The summed E-state index contributed by atoms with van der Waals surface area (Å²) in [4.78, 5) is 2.63. The summed E-state index contributed by atoms with van der Waals surface area (Å²) >= 11 is 3.23. The van der Waals surface area contributed by atoms with Crippen molar-refractivity contribution in [3.63, 3.8) is 0 Å². The summed E-state index contributed by atoms with van der Waals surface area (Å²) in [5.74, 6) is -0.193. The van der Waals surface area contributed by atoms with Gasteiger partial charge in [0.25, 0.3) is 0 Å². The van der Waals surface area contributed by atoms with Crippen molar-refractivity contribution in [1.29, 1.82) is 0 Å². The molecule has 104 valence electrons. The molecule has 0 unspecified atom stereocenters. The summed E-state index contributed by atoms with van der Waals surface area (Å²) in [5.41, 5.74) is 1.14. The summed E-state index contributed by atoms with van der Waals surface area (Å²) in [6, 6.07) is 6.75. The van der Waals surface area contributed by atoms with Crippen LogP contribution in [0.4, 0.5) is 4.39 Å². The van der Waals surface area contributed by atoms with Gasteiger partial charge in [0.15, 0.2) is 0 Å². The first kappa shape index (κ1) is 13.5. The average Bonchev–Trinajstić information content (AvgIpc) is 3.25. The molecule has 1 aliphatic heterocycles. The molecule has 0 aromatic heterocycles. The van der Waals surface area contributed by atoms with E-state index < -0.39 is 0 Å². The van der Waals surface area contributed by atoms with Crippen LogP contribution in [0.1, 0.15) is 31.2 Å². The molecule has 0 spiro atoms. The Morgan fingerprint density at radius 2 is 1.95 bits per heavy atom. The van der Waals surface area contributed by atoms with Crippen LogP contribution in [0, 0.1) is 5.82 Å². The second kappa shape index (κ2) is 5.90. The van der Waals surface area contributed by atoms with Crippen molar-refractivity contribution in [2.45, 2.75) is 44.3 Å². The highest BCUT2D eigenvalue weighted by Gasteiger charge is 2.31. The third-order valence-electron chi connectivity index (χ3n) is 4.17. The molecule has 19 heavy (non-hydrogen) atoms. The van der Waals surface area contributed by atoms with E-state index in [9.17, 15) is 4.39 Å². The van der Waals surface area contributed by atoms with Crippen molar-refractivity contribution in [2.75, 3.05) is 13.1 Å². The molecule has 2 fully saturated rings. The fourth-order valence-electron chi connectivity index (χ4n) is 2.82. The van der Waals surface area contributed by atoms with Crippen LogP contribution in [0.25, 0.3) is 0 Å². The minimum atomic E-state index is -0.193. The minimum Gasteiger partial charge on any atom is -0.310 e. The summed E-state index contributed by atoms with van der Waals surface area (Å²) in [5, 5.41) is 3.59. The molecule has 1 aromatic carbocycles. The first-order valence-corrected chi connectivity index (χ1v) is 7.93. The molecule has 1 saturated heterocycles. The standard InChI is InChI=1S/C15H20BrFN2/c16-14-9-11(1-4-15(14)17)10-18-12-5-7-19(8-6-12)13-2-3-13/h1,4,9,12-13,18H,2-3,5-8,10H2. The van der Waals surface area contributed by atoms with E-state index in [2.05, 4.69) is 26.1 Å². The first-order valence-electron chi connectivity index (χ1n) is 7.14. The van der Waals surface area contributed by atoms with Gasteiger partial charge in [0, 0.05) is 18.6 Å². The van der Waals surface area contributed by atoms with Crippen LogP contribution in [0.2, 0.25) is 0 Å². The summed E-state index contributed by atoms with van der Waals surface area (Å²) in [7, 11) is 0. The van der Waals surface area contributed by atoms with Gasteiger partial charge in [-0.2, -0.15) is 0 Å². The molecule has 4 heteroatoms. The Hall–Kier alpha value is -0.450. The third kappa shape index (κ3) is 3.56. The number of benzene rings is 1. The zero-order valence-electron chi connectivity index (χ0n) is 11.0. The Morgan fingerprint density at radius 1 is 1.21 bits per heavy atom. The minimum absolute atomic E-state index is 0.193. The van der Waals surface area contributed by atoms with E-state index in [-0.39, 0.29) is 5.82 Å². The quantitative estimate of drug-likeness (QED) is 0.913. The van der Waals surface area contributed by atoms with Crippen LogP contribution in [0.5, 0.6) is 0 Å². The van der Waals surface area contributed by atoms with Gasteiger partial charge in [-0.15, -0.1) is 0 Å². The van der Waals surface area contributed by atoms with Crippen LogP contribution in [-0.2, 0) is 6.54 Å². The molecule has 3 rings (SSSR count). The molecule has 0 bridgehead atoms. The molecule has 2 aliphatic rings. The number of nitrogens with one attached hydrogen (secondary N) is 1. The zero-order chi connectivity index (χ0) is 13.2. The number of hydrogen-bond donors (Lipinski definition) is 1. The summed E-state index contributed by atoms with van der Waals surface area (Å²) in [6.45, 7) is 3.29. The van der Waals surface area contributed by atoms with E-state index >= 15 is 0 Å². The Bertz CT molecular complexity index is 440. The van der Waals surface area contributed by atoms with Gasteiger partial charge in [-0.1, -0.05) is 6.07 Å². The zero-order valence-corrected chi connectivity index (χ0v) is 12.6. The largest absolute Gasteiger partial charge is 0.310 e. The van der Waals surface area contributed by atoms with Crippen molar-refractivity contribution >= 4 is 15.9 Å². The van der Waals surface area contributed by atoms with E-state index in [1.807, 2.05) is 12.1 Å². The maximum Gasteiger partial charge on any atom is 0.137 e. The van der Waals surface area contributed by atoms with Crippen molar-refractivity contribution in [2.24, 2.45) is 0 Å². The molecular weight excluding hydrogens is 307 g/mol. The van der Waals surface area contributed by atoms with E-state index in [0.717, 1.165) is 18.2 Å². The molecule has 1 N–H and O–H groups in total. The monoisotopic (exact) mass is 326 g/mol. The molecule has 2 nitrogen and oxygen atoms in total. The van der Waals surface area contributed by atoms with Gasteiger partial charge in [0.05, 0.1) is 4.47 Å². The molecule has 1 aromatic rings. The molecule has 1 heterocycles. The van der Waals surface area contributed by atoms with Gasteiger partial charge in [-0.3, -0.25) is 0 Å². The lowest BCUT2D eigenvalue weighted by molar-refractivity contribution is 0.189. The Labute approximate surface area is 122 Å². The molecule has 0 radical (unpaired) electrons. The first-order chi connectivity index (χ1) is 9.22. The fraction of sp³-hybridized carbons (Fsp3) is 0.600. The van der Waals surface area contributed by atoms with Gasteiger partial charge in [-0.25, -0.2) is 4.39 Å². The van der Waals surface area contributed by atoms with E-state index in [0.29, 0.717) is 10.5 Å². The SMILES string of the molecule is Fc1ccc(CNC2CCN(C3CC3)CC2)cc1Br. The van der Waals surface area contributed by atoms with Crippen molar-refractivity contribution in [3.8, 4) is 0 Å². The smallest absolute Gasteiger partial charge is 0.137 e. The topological polar surface area (TPSA) is 15.3 Å². The highest BCUT2D eigenvalue weighted by molar-refractivity contribution is 9.10. The van der Waals surface area contributed by atoms with Gasteiger partial charge >= 0.3 is 0 Å². The molecular formula is C15H20BrFN2. The summed E-state index contributed by atoms with van der Waals surface area (Å²) in [6.07, 6.45) is 5.28. The van der Waals surface area contributed by atoms with Crippen LogP contribution in [0.15, 0.2) is 22.7 Å². The predicted molar refractivity (Wildman–Crippen MR) is 78.6 cm³/mol. The molecule has 0 atom stereocenters. The van der Waals surface area contributed by atoms with Crippen molar-refractivity contribution < 1.29 is 4.39 Å². The maximum absolute atomic E-state index is 13.1. The normalized spacial score (nSPS) is 21.8. The van der Waals surface area contributed by atoms with Gasteiger partial charge < -0.3 is 10.2 Å². The van der Waals surface area contributed by atoms with Crippen LogP contribution in [-0.4, -0.2) is 30.1 Å². The second-order valence-electron chi connectivity index (χ2n) is 5.67. The lowest BCUT2D eigenvalue weighted by atomic mass is 10.0. The average molecular weight is 327 g/mol. The number of hydrogen-bond acceptors (Lipinski definition) is 2. The van der Waals surface area contributed by atoms with Crippen LogP contribution in [0.3, 0.4) is 0 Å². The van der Waals surface area contributed by atoms with E-state index in [1.54, 1.807) is 0 Å². The molecule has 1 aliphatic carbocycles. The van der Waals surface area contributed by atoms with E-state index in [4.69, 9.17) is 0 Å². The lowest BCUT2D eigenvalue weighted by Gasteiger charge is -2.32. The highest BCUT2D eigenvalue weighted by Crippen LogP contribution is 2.29. The number of nitrogens with zero attached hydrogens (tertiary/aromatic N) is 1. The highest BCUT2D eigenvalue weighted by atomic mass is 79.9.